The molecule has 0 heterocycles. The molecule has 9 heteroatoms. The van der Waals surface area contributed by atoms with E-state index in [9.17, 15) is 24.8 Å². The molecule has 0 unspecified atom stereocenters. The van der Waals surface area contributed by atoms with Gasteiger partial charge in [-0.3, -0.25) is 14.9 Å². The number of ether oxygens (including phenoxy) is 2. The fourth-order valence-corrected chi connectivity index (χ4v) is 2.90. The van der Waals surface area contributed by atoms with E-state index in [0.717, 1.165) is 12.8 Å². The van der Waals surface area contributed by atoms with Gasteiger partial charge in [-0.15, -0.1) is 0 Å². The van der Waals surface area contributed by atoms with Gasteiger partial charge >= 0.3 is 5.97 Å². The van der Waals surface area contributed by atoms with Crippen molar-refractivity contribution in [2.75, 3.05) is 20.8 Å². The Morgan fingerprint density at radius 3 is 2.34 bits per heavy atom. The molecule has 154 valence electrons. The quantitative estimate of drug-likeness (QED) is 0.373. The van der Waals surface area contributed by atoms with Crippen LogP contribution in [0.2, 0.25) is 0 Å². The number of unbranched alkanes of at least 4 members (excludes halogenated alkanes) is 1. The standard InChI is InChI=1S/C20H22N2O7/c1-4-5-9-21-19(23)12-7-6-8-15(22(26)27)18(12)13-10-16(28-2)17(29-3)11-14(13)20(24)25/h6-8,10-11H,4-5,9H2,1-3H3,(H,21,23)(H,24,25). The molecule has 0 aliphatic carbocycles. The number of nitro benzene ring substituents is 1. The zero-order valence-electron chi connectivity index (χ0n) is 16.4. The fourth-order valence-electron chi connectivity index (χ4n) is 2.90. The minimum atomic E-state index is -1.32. The van der Waals surface area contributed by atoms with Crippen LogP contribution in [-0.4, -0.2) is 42.7 Å². The van der Waals surface area contributed by atoms with Crippen molar-refractivity contribution in [1.29, 1.82) is 0 Å². The molecule has 0 saturated carbocycles. The first-order valence-electron chi connectivity index (χ1n) is 8.90. The molecule has 0 aliphatic heterocycles. The molecule has 0 saturated heterocycles. The van der Waals surface area contributed by atoms with Gasteiger partial charge in [-0.05, 0) is 24.6 Å². The molecular weight excluding hydrogens is 380 g/mol. The minimum Gasteiger partial charge on any atom is -0.493 e. The monoisotopic (exact) mass is 402 g/mol. The topological polar surface area (TPSA) is 128 Å². The maximum absolute atomic E-state index is 12.7. The number of hydrogen-bond acceptors (Lipinski definition) is 6. The first kappa shape index (κ1) is 21.7. The molecule has 0 bridgehead atoms. The molecule has 2 N–H and O–H groups in total. The van der Waals surface area contributed by atoms with Gasteiger partial charge in [-0.25, -0.2) is 4.79 Å². The highest BCUT2D eigenvalue weighted by atomic mass is 16.6. The molecule has 1 amide bonds. The number of carboxylic acid groups (broad SMARTS) is 1. The Morgan fingerprint density at radius 1 is 1.14 bits per heavy atom. The summed E-state index contributed by atoms with van der Waals surface area (Å²) in [6, 6.07) is 6.57. The molecule has 9 nitrogen and oxygen atoms in total. The number of carboxylic acids is 1. The SMILES string of the molecule is CCCCNC(=O)c1cccc([N+](=O)[O-])c1-c1cc(OC)c(OC)cc1C(=O)O. The number of aromatic carboxylic acids is 1. The third-order valence-electron chi connectivity index (χ3n) is 4.32. The van der Waals surface area contributed by atoms with Crippen molar-refractivity contribution in [3.63, 3.8) is 0 Å². The maximum Gasteiger partial charge on any atom is 0.336 e. The second kappa shape index (κ2) is 9.54. The molecule has 0 radical (unpaired) electrons. The third kappa shape index (κ3) is 4.63. The van der Waals surface area contributed by atoms with Crippen molar-refractivity contribution in [3.8, 4) is 22.6 Å². The van der Waals surface area contributed by atoms with Crippen LogP contribution in [0.3, 0.4) is 0 Å². The molecule has 0 spiro atoms. The fraction of sp³-hybridized carbons (Fsp3) is 0.300. The summed E-state index contributed by atoms with van der Waals surface area (Å²) in [4.78, 5) is 35.6. The summed E-state index contributed by atoms with van der Waals surface area (Å²) in [5.41, 5.74) is -0.736. The largest absolute Gasteiger partial charge is 0.493 e. The van der Waals surface area contributed by atoms with E-state index in [0.29, 0.717) is 6.54 Å². The predicted octanol–water partition coefficient (Wildman–Crippen LogP) is 3.51. The van der Waals surface area contributed by atoms with E-state index in [4.69, 9.17) is 9.47 Å². The Hall–Kier alpha value is -3.62. The Kier molecular flexibility index (Phi) is 7.13. The smallest absolute Gasteiger partial charge is 0.336 e. The lowest BCUT2D eigenvalue weighted by Gasteiger charge is -2.16. The second-order valence-electron chi connectivity index (χ2n) is 6.12. The molecular formula is C20H22N2O7. The average Bonchev–Trinajstić information content (AvgIpc) is 2.71. The summed E-state index contributed by atoms with van der Waals surface area (Å²) in [5.74, 6) is -1.51. The number of nitrogens with one attached hydrogen (secondary N) is 1. The summed E-state index contributed by atoms with van der Waals surface area (Å²) < 4.78 is 10.4. The van der Waals surface area contributed by atoms with Crippen molar-refractivity contribution >= 4 is 17.6 Å². The number of nitro groups is 1. The molecule has 29 heavy (non-hydrogen) atoms. The number of amides is 1. The van der Waals surface area contributed by atoms with Gasteiger partial charge in [0.15, 0.2) is 11.5 Å². The number of hydrogen-bond donors (Lipinski definition) is 2. The van der Waals surface area contributed by atoms with Gasteiger partial charge in [0.1, 0.15) is 0 Å². The van der Waals surface area contributed by atoms with Crippen molar-refractivity contribution in [3.05, 3.63) is 51.6 Å². The summed E-state index contributed by atoms with van der Waals surface area (Å²) in [7, 11) is 2.71. The molecule has 2 aromatic carbocycles. The van der Waals surface area contributed by atoms with Gasteiger partial charge < -0.3 is 19.9 Å². The van der Waals surface area contributed by atoms with Crippen LogP contribution < -0.4 is 14.8 Å². The van der Waals surface area contributed by atoms with E-state index in [-0.39, 0.29) is 39.4 Å². The molecule has 0 aromatic heterocycles. The first-order valence-corrected chi connectivity index (χ1v) is 8.90. The number of carbonyl (C=O) groups is 2. The van der Waals surface area contributed by atoms with Crippen LogP contribution in [0.5, 0.6) is 11.5 Å². The van der Waals surface area contributed by atoms with Crippen LogP contribution in [0.1, 0.15) is 40.5 Å². The number of methoxy groups -OCH3 is 2. The van der Waals surface area contributed by atoms with Gasteiger partial charge in [0, 0.05) is 18.2 Å². The zero-order valence-corrected chi connectivity index (χ0v) is 16.4. The summed E-state index contributed by atoms with van der Waals surface area (Å²) in [6.07, 6.45) is 1.60. The van der Waals surface area contributed by atoms with Crippen LogP contribution >= 0.6 is 0 Å². The maximum atomic E-state index is 12.7. The van der Waals surface area contributed by atoms with Crippen LogP contribution in [0.4, 0.5) is 5.69 Å². The van der Waals surface area contributed by atoms with Gasteiger partial charge in [-0.1, -0.05) is 19.4 Å². The highest BCUT2D eigenvalue weighted by Crippen LogP contribution is 2.41. The Labute approximate surface area is 167 Å². The molecule has 2 rings (SSSR count). The Balaban J connectivity index is 2.80. The van der Waals surface area contributed by atoms with E-state index >= 15 is 0 Å². The Morgan fingerprint density at radius 2 is 1.79 bits per heavy atom. The predicted molar refractivity (Wildman–Crippen MR) is 106 cm³/mol. The lowest BCUT2D eigenvalue weighted by molar-refractivity contribution is -0.384. The van der Waals surface area contributed by atoms with Gasteiger partial charge in [0.25, 0.3) is 11.6 Å². The number of carbonyl (C=O) groups excluding carboxylic acids is 1. The normalized spacial score (nSPS) is 10.3. The van der Waals surface area contributed by atoms with E-state index in [1.807, 2.05) is 6.92 Å². The van der Waals surface area contributed by atoms with Crippen LogP contribution in [-0.2, 0) is 0 Å². The van der Waals surface area contributed by atoms with Crippen LogP contribution in [0.15, 0.2) is 30.3 Å². The first-order chi connectivity index (χ1) is 13.8. The van der Waals surface area contributed by atoms with Crippen LogP contribution in [0.25, 0.3) is 11.1 Å². The van der Waals surface area contributed by atoms with Gasteiger partial charge in [0.2, 0.25) is 0 Å². The average molecular weight is 402 g/mol. The summed E-state index contributed by atoms with van der Waals surface area (Å²) in [6.45, 7) is 2.36. The number of rotatable bonds is 9. The highest BCUT2D eigenvalue weighted by Gasteiger charge is 2.28. The number of benzene rings is 2. The lowest BCUT2D eigenvalue weighted by atomic mass is 9.92. The lowest BCUT2D eigenvalue weighted by Crippen LogP contribution is -2.25. The molecule has 2 aromatic rings. The molecule has 0 atom stereocenters. The van der Waals surface area contributed by atoms with Gasteiger partial charge in [0.05, 0.1) is 35.8 Å². The van der Waals surface area contributed by atoms with E-state index in [1.54, 1.807) is 0 Å². The number of nitrogens with zero attached hydrogens (tertiary/aromatic N) is 1. The van der Waals surface area contributed by atoms with Crippen molar-refractivity contribution in [1.82, 2.24) is 5.32 Å². The Bertz CT molecular complexity index is 941. The van der Waals surface area contributed by atoms with Crippen LogP contribution in [0, 0.1) is 10.1 Å². The van der Waals surface area contributed by atoms with E-state index in [2.05, 4.69) is 5.32 Å². The van der Waals surface area contributed by atoms with Crippen molar-refractivity contribution < 1.29 is 29.1 Å². The van der Waals surface area contributed by atoms with Crippen molar-refractivity contribution in [2.24, 2.45) is 0 Å². The minimum absolute atomic E-state index is 0.00465. The zero-order chi connectivity index (χ0) is 21.6. The summed E-state index contributed by atoms with van der Waals surface area (Å²) in [5, 5.41) is 24.0. The van der Waals surface area contributed by atoms with E-state index < -0.39 is 16.8 Å². The van der Waals surface area contributed by atoms with Gasteiger partial charge in [-0.2, -0.15) is 0 Å². The molecule has 0 aliphatic rings. The van der Waals surface area contributed by atoms with Crippen molar-refractivity contribution in [2.45, 2.75) is 19.8 Å². The summed E-state index contributed by atoms with van der Waals surface area (Å²) >= 11 is 0. The highest BCUT2D eigenvalue weighted by molar-refractivity contribution is 6.07. The third-order valence-corrected chi connectivity index (χ3v) is 4.32. The molecule has 0 fully saturated rings. The second-order valence-corrected chi connectivity index (χ2v) is 6.12. The van der Waals surface area contributed by atoms with E-state index in [1.165, 1.54) is 44.6 Å².